The number of nitrogens with zero attached hydrogens (tertiary/aromatic N) is 4. The van der Waals surface area contributed by atoms with Crippen molar-refractivity contribution in [2.45, 2.75) is 0 Å². The number of H-pyrrole nitrogens is 1. The summed E-state index contributed by atoms with van der Waals surface area (Å²) in [6.07, 6.45) is 1.34. The molecule has 0 aliphatic carbocycles. The van der Waals surface area contributed by atoms with Gasteiger partial charge >= 0.3 is 0 Å². The van der Waals surface area contributed by atoms with Crippen molar-refractivity contribution in [3.63, 3.8) is 0 Å². The molecule has 2 aromatic heterocycles. The van der Waals surface area contributed by atoms with Crippen molar-refractivity contribution in [2.24, 2.45) is 0 Å². The first kappa shape index (κ1) is 9.90. The fourth-order valence-corrected chi connectivity index (χ4v) is 1.94. The van der Waals surface area contributed by atoms with Gasteiger partial charge in [0.2, 0.25) is 5.91 Å². The number of hydrogen-bond acceptors (Lipinski definition) is 6. The zero-order valence-corrected chi connectivity index (χ0v) is 9.28. The van der Waals surface area contributed by atoms with Gasteiger partial charge in [-0.15, -0.1) is 0 Å². The van der Waals surface area contributed by atoms with Crippen molar-refractivity contribution in [1.82, 2.24) is 25.5 Å². The van der Waals surface area contributed by atoms with E-state index in [1.807, 2.05) is 0 Å². The van der Waals surface area contributed by atoms with E-state index in [0.717, 1.165) is 0 Å². The quantitative estimate of drug-likeness (QED) is 0.564. The van der Waals surface area contributed by atoms with Gasteiger partial charge in [-0.2, -0.15) is 5.10 Å². The Kier molecular flexibility index (Phi) is 1.95. The predicted molar refractivity (Wildman–Crippen MR) is 64.2 cm³/mol. The van der Waals surface area contributed by atoms with Crippen molar-refractivity contribution >= 4 is 45.9 Å². The van der Waals surface area contributed by atoms with Gasteiger partial charge in [-0.05, 0) is 12.2 Å². The molecule has 17 heavy (non-hydrogen) atoms. The molecule has 0 bridgehead atoms. The molecule has 1 aliphatic rings. The molecule has 0 radical (unpaired) electrons. The minimum atomic E-state index is -0.179. The Morgan fingerprint density at radius 3 is 3.00 bits per heavy atom. The molecule has 0 unspecified atom stereocenters. The van der Waals surface area contributed by atoms with Crippen LogP contribution in [-0.2, 0) is 4.79 Å². The summed E-state index contributed by atoms with van der Waals surface area (Å²) in [6, 6.07) is 0. The monoisotopic (exact) mass is 249 g/mol. The van der Waals surface area contributed by atoms with E-state index in [-0.39, 0.29) is 12.5 Å². The molecule has 86 valence electrons. The summed E-state index contributed by atoms with van der Waals surface area (Å²) in [6.45, 7) is 0.118. The van der Waals surface area contributed by atoms with Crippen LogP contribution in [0.2, 0.25) is 0 Å². The second kappa shape index (κ2) is 3.35. The number of amides is 1. The molecule has 4 N–H and O–H groups in total. The van der Waals surface area contributed by atoms with E-state index in [9.17, 15) is 4.79 Å². The highest BCUT2D eigenvalue weighted by atomic mass is 32.1. The maximum atomic E-state index is 11.2. The fourth-order valence-electron chi connectivity index (χ4n) is 1.67. The molecule has 2 aromatic rings. The Bertz CT molecular complexity index is 636. The van der Waals surface area contributed by atoms with E-state index in [2.05, 4.69) is 25.5 Å². The molecule has 1 fully saturated rings. The molecule has 0 atom stereocenters. The first-order valence-corrected chi connectivity index (χ1v) is 5.13. The van der Waals surface area contributed by atoms with Crippen LogP contribution in [0, 0.1) is 0 Å². The third kappa shape index (κ3) is 1.40. The zero-order chi connectivity index (χ0) is 12.0. The summed E-state index contributed by atoms with van der Waals surface area (Å²) >= 11 is 5.03. The second-order valence-corrected chi connectivity index (χ2v) is 3.86. The van der Waals surface area contributed by atoms with Crippen LogP contribution in [0.4, 0.5) is 11.6 Å². The minimum absolute atomic E-state index is 0.118. The third-order valence-electron chi connectivity index (χ3n) is 2.42. The molecule has 1 amide bonds. The Balaban J connectivity index is 2.18. The van der Waals surface area contributed by atoms with Gasteiger partial charge in [0, 0.05) is 0 Å². The van der Waals surface area contributed by atoms with E-state index in [0.29, 0.717) is 27.8 Å². The maximum absolute atomic E-state index is 11.2. The van der Waals surface area contributed by atoms with Crippen LogP contribution in [0.5, 0.6) is 0 Å². The topological polar surface area (TPSA) is 113 Å². The SMILES string of the molecule is Nc1ncnc2[nH]nc(N3CC(=O)NC3=S)c12. The summed E-state index contributed by atoms with van der Waals surface area (Å²) in [5.74, 6) is 0.573. The molecular formula is C8H7N7OS. The van der Waals surface area contributed by atoms with E-state index < -0.39 is 0 Å². The van der Waals surface area contributed by atoms with Crippen LogP contribution in [0.1, 0.15) is 0 Å². The number of aromatic nitrogens is 4. The molecule has 9 heteroatoms. The standard InChI is InChI=1S/C8H7N7OS/c9-5-4-6(11-2-10-5)13-14-7(4)15-1-3(16)12-8(15)17/h2H,1H2,(H,12,16,17)(H3,9,10,11,13,14). The lowest BCUT2D eigenvalue weighted by Gasteiger charge is -2.12. The highest BCUT2D eigenvalue weighted by Gasteiger charge is 2.28. The smallest absolute Gasteiger partial charge is 0.246 e. The summed E-state index contributed by atoms with van der Waals surface area (Å²) in [4.78, 5) is 20.7. The number of nitrogens with two attached hydrogens (primary N) is 1. The number of thiocarbonyl (C=S) groups is 1. The van der Waals surface area contributed by atoms with Crippen molar-refractivity contribution in [3.8, 4) is 0 Å². The minimum Gasteiger partial charge on any atom is -0.383 e. The number of hydrogen-bond donors (Lipinski definition) is 3. The summed E-state index contributed by atoms with van der Waals surface area (Å²) in [5.41, 5.74) is 6.27. The van der Waals surface area contributed by atoms with Gasteiger partial charge < -0.3 is 11.1 Å². The molecule has 8 nitrogen and oxygen atoms in total. The van der Waals surface area contributed by atoms with E-state index in [4.69, 9.17) is 18.0 Å². The molecule has 1 saturated heterocycles. The second-order valence-electron chi connectivity index (χ2n) is 3.47. The van der Waals surface area contributed by atoms with Gasteiger partial charge in [0.25, 0.3) is 0 Å². The highest BCUT2D eigenvalue weighted by molar-refractivity contribution is 7.80. The Hall–Kier alpha value is -2.29. The van der Waals surface area contributed by atoms with Gasteiger partial charge in [-0.3, -0.25) is 14.8 Å². The number of aromatic amines is 1. The molecule has 0 aromatic carbocycles. The summed E-state index contributed by atoms with van der Waals surface area (Å²) < 4.78 is 0. The number of nitrogens with one attached hydrogen (secondary N) is 2. The normalized spacial score (nSPS) is 15.6. The van der Waals surface area contributed by atoms with Crippen LogP contribution in [0.15, 0.2) is 6.33 Å². The third-order valence-corrected chi connectivity index (χ3v) is 2.74. The Labute approximate surface area is 100 Å². The van der Waals surface area contributed by atoms with E-state index in [1.165, 1.54) is 6.33 Å². The average Bonchev–Trinajstić information content (AvgIpc) is 2.83. The molecule has 0 saturated carbocycles. The lowest BCUT2D eigenvalue weighted by molar-refractivity contribution is -0.117. The van der Waals surface area contributed by atoms with Crippen LogP contribution >= 0.6 is 12.2 Å². The average molecular weight is 249 g/mol. The number of carbonyl (C=O) groups is 1. The van der Waals surface area contributed by atoms with Gasteiger partial charge in [0.05, 0.1) is 0 Å². The van der Waals surface area contributed by atoms with Crippen molar-refractivity contribution in [3.05, 3.63) is 6.33 Å². The number of anilines is 2. The van der Waals surface area contributed by atoms with Gasteiger partial charge in [0.1, 0.15) is 24.1 Å². The number of carbonyl (C=O) groups excluding carboxylic acids is 1. The van der Waals surface area contributed by atoms with Crippen LogP contribution in [0.3, 0.4) is 0 Å². The molecule has 0 spiro atoms. The van der Waals surface area contributed by atoms with Crippen molar-refractivity contribution in [2.75, 3.05) is 17.2 Å². The van der Waals surface area contributed by atoms with Crippen LogP contribution < -0.4 is 16.0 Å². The number of nitrogen functional groups attached to an aromatic ring is 1. The van der Waals surface area contributed by atoms with Crippen LogP contribution in [0.25, 0.3) is 11.0 Å². The van der Waals surface area contributed by atoms with Gasteiger partial charge in [0.15, 0.2) is 16.6 Å². The maximum Gasteiger partial charge on any atom is 0.246 e. The molecular weight excluding hydrogens is 242 g/mol. The van der Waals surface area contributed by atoms with Crippen LogP contribution in [-0.4, -0.2) is 37.7 Å². The first-order chi connectivity index (χ1) is 8.16. The Morgan fingerprint density at radius 1 is 1.47 bits per heavy atom. The number of rotatable bonds is 1. The predicted octanol–water partition coefficient (Wildman–Crippen LogP) is -0.844. The summed E-state index contributed by atoms with van der Waals surface area (Å²) in [7, 11) is 0. The summed E-state index contributed by atoms with van der Waals surface area (Å²) in [5, 5.41) is 10.2. The first-order valence-electron chi connectivity index (χ1n) is 4.72. The van der Waals surface area contributed by atoms with Gasteiger partial charge in [-0.1, -0.05) is 0 Å². The number of fused-ring (bicyclic) bond motifs is 1. The highest BCUT2D eigenvalue weighted by Crippen LogP contribution is 2.27. The fraction of sp³-hybridized carbons (Fsp3) is 0.125. The van der Waals surface area contributed by atoms with E-state index >= 15 is 0 Å². The zero-order valence-electron chi connectivity index (χ0n) is 8.47. The molecule has 3 heterocycles. The van der Waals surface area contributed by atoms with Crippen molar-refractivity contribution in [1.29, 1.82) is 0 Å². The Morgan fingerprint density at radius 2 is 2.29 bits per heavy atom. The van der Waals surface area contributed by atoms with E-state index in [1.54, 1.807) is 4.90 Å². The molecule has 3 rings (SSSR count). The largest absolute Gasteiger partial charge is 0.383 e. The molecule has 1 aliphatic heterocycles. The van der Waals surface area contributed by atoms with Gasteiger partial charge in [-0.25, -0.2) is 9.97 Å². The lowest BCUT2D eigenvalue weighted by atomic mass is 10.3. The lowest BCUT2D eigenvalue weighted by Crippen LogP contribution is -2.28. The van der Waals surface area contributed by atoms with Crippen molar-refractivity contribution < 1.29 is 4.79 Å².